The minimum absolute atomic E-state index is 0.0109. The third-order valence-electron chi connectivity index (χ3n) is 4.95. The summed E-state index contributed by atoms with van der Waals surface area (Å²) in [5, 5.41) is 4.66. The molecule has 3 heterocycles. The monoisotopic (exact) mass is 388 g/mol. The molecule has 0 bridgehead atoms. The van der Waals surface area contributed by atoms with E-state index in [0.717, 1.165) is 24.4 Å². The van der Waals surface area contributed by atoms with Gasteiger partial charge >= 0.3 is 0 Å². The smallest absolute Gasteiger partial charge is 0.264 e. The van der Waals surface area contributed by atoms with Crippen LogP contribution in [0.2, 0.25) is 0 Å². The Morgan fingerprint density at radius 1 is 1.22 bits per heavy atom. The van der Waals surface area contributed by atoms with Crippen LogP contribution in [0.5, 0.6) is 5.75 Å². The summed E-state index contributed by atoms with van der Waals surface area (Å²) in [6.45, 7) is 7.52. The van der Waals surface area contributed by atoms with E-state index in [1.54, 1.807) is 14.0 Å². The number of aromatic nitrogens is 3. The first-order valence-electron chi connectivity index (χ1n) is 9.14. The molecule has 1 saturated heterocycles. The van der Waals surface area contributed by atoms with E-state index in [4.69, 9.17) is 9.47 Å². The predicted octanol–water partition coefficient (Wildman–Crippen LogP) is 2.56. The second-order valence-corrected chi connectivity index (χ2v) is 8.27. The highest BCUT2D eigenvalue weighted by Crippen LogP contribution is 2.42. The van der Waals surface area contributed by atoms with Crippen molar-refractivity contribution in [3.63, 3.8) is 0 Å². The van der Waals surface area contributed by atoms with Crippen molar-refractivity contribution < 1.29 is 14.3 Å². The molecule has 4 rings (SSSR count). The molecule has 4 unspecified atom stereocenters. The Balaban J connectivity index is 1.69. The molecule has 7 nitrogen and oxygen atoms in total. The van der Waals surface area contributed by atoms with E-state index in [2.05, 4.69) is 28.8 Å². The van der Waals surface area contributed by atoms with Crippen molar-refractivity contribution in [2.75, 3.05) is 20.2 Å². The lowest BCUT2D eigenvalue weighted by molar-refractivity contribution is -0.0804. The lowest BCUT2D eigenvalue weighted by Gasteiger charge is -2.41. The summed E-state index contributed by atoms with van der Waals surface area (Å²) in [7, 11) is 1.65. The van der Waals surface area contributed by atoms with Crippen LogP contribution in [0.1, 0.15) is 36.1 Å². The molecular weight excluding hydrogens is 364 g/mol. The molecule has 0 saturated carbocycles. The van der Waals surface area contributed by atoms with Gasteiger partial charge in [-0.05, 0) is 38.5 Å². The van der Waals surface area contributed by atoms with Crippen LogP contribution in [-0.4, -0.2) is 63.2 Å². The molecule has 0 spiro atoms. The Bertz CT molecular complexity index is 828. The average Bonchev–Trinajstić information content (AvgIpc) is 3.13. The normalized spacial score (nSPS) is 26.8. The Morgan fingerprint density at radius 3 is 2.48 bits per heavy atom. The molecule has 0 amide bonds. The molecule has 0 aliphatic carbocycles. The number of rotatable bonds is 4. The number of ether oxygens (including phenoxy) is 2. The standard InChI is InChI=1S/C19H24N4O3S/c1-11-9-22(10-12(2)26-11)16(14-5-7-15(25-4)8-6-14)17-18(24)23-19(27-17)20-13(3)21-23/h5-8,11-12,16-17H,9-10H2,1-4H3. The van der Waals surface area contributed by atoms with Crippen molar-refractivity contribution in [1.82, 2.24) is 19.7 Å². The number of hydrogen-bond donors (Lipinski definition) is 0. The van der Waals surface area contributed by atoms with E-state index >= 15 is 0 Å². The van der Waals surface area contributed by atoms with Gasteiger partial charge in [0.05, 0.1) is 25.4 Å². The maximum Gasteiger partial charge on any atom is 0.264 e. The number of nitrogens with zero attached hydrogens (tertiary/aromatic N) is 4. The van der Waals surface area contributed by atoms with Gasteiger partial charge in [0, 0.05) is 13.1 Å². The molecule has 2 aromatic rings. The maximum atomic E-state index is 13.1. The summed E-state index contributed by atoms with van der Waals surface area (Å²) < 4.78 is 12.7. The molecular formula is C19H24N4O3S. The number of carbonyl (C=O) groups excluding carboxylic acids is 1. The summed E-state index contributed by atoms with van der Waals surface area (Å²) in [6, 6.07) is 7.90. The van der Waals surface area contributed by atoms with E-state index in [1.807, 2.05) is 24.3 Å². The molecule has 27 heavy (non-hydrogen) atoms. The first-order chi connectivity index (χ1) is 13.0. The van der Waals surface area contributed by atoms with Gasteiger partial charge in [-0.25, -0.2) is 4.98 Å². The zero-order valence-corrected chi connectivity index (χ0v) is 16.8. The Hall–Kier alpha value is -1.90. The summed E-state index contributed by atoms with van der Waals surface area (Å²) in [6.07, 6.45) is 0.238. The fourth-order valence-corrected chi connectivity index (χ4v) is 5.22. The largest absolute Gasteiger partial charge is 0.497 e. The van der Waals surface area contributed by atoms with E-state index in [1.165, 1.54) is 16.4 Å². The Labute approximate surface area is 163 Å². The van der Waals surface area contributed by atoms with Gasteiger partial charge < -0.3 is 9.47 Å². The summed E-state index contributed by atoms with van der Waals surface area (Å²) in [5.74, 6) is 1.42. The van der Waals surface area contributed by atoms with Gasteiger partial charge in [0.1, 0.15) is 16.8 Å². The molecule has 1 aromatic carbocycles. The second-order valence-electron chi connectivity index (χ2n) is 7.16. The van der Waals surface area contributed by atoms with Crippen molar-refractivity contribution in [3.8, 4) is 5.75 Å². The highest BCUT2D eigenvalue weighted by molar-refractivity contribution is 8.00. The zero-order chi connectivity index (χ0) is 19.1. The van der Waals surface area contributed by atoms with Crippen LogP contribution < -0.4 is 4.74 Å². The highest BCUT2D eigenvalue weighted by Gasteiger charge is 2.44. The van der Waals surface area contributed by atoms with Gasteiger partial charge in [0.2, 0.25) is 0 Å². The van der Waals surface area contributed by atoms with Crippen molar-refractivity contribution >= 4 is 17.7 Å². The SMILES string of the molecule is COc1ccc(C(C2Sc3nc(C)nn3C2=O)N2CC(C)OC(C)C2)cc1. The molecule has 0 radical (unpaired) electrons. The lowest BCUT2D eigenvalue weighted by Crippen LogP contribution is -2.50. The Kier molecular flexibility index (Phi) is 4.96. The summed E-state index contributed by atoms with van der Waals surface area (Å²) in [5.41, 5.74) is 1.09. The van der Waals surface area contributed by atoms with E-state index < -0.39 is 0 Å². The van der Waals surface area contributed by atoms with E-state index in [0.29, 0.717) is 11.0 Å². The third-order valence-corrected chi connectivity index (χ3v) is 6.14. The van der Waals surface area contributed by atoms with E-state index in [9.17, 15) is 4.79 Å². The first kappa shape index (κ1) is 18.5. The topological polar surface area (TPSA) is 69.5 Å². The molecule has 8 heteroatoms. The zero-order valence-electron chi connectivity index (χ0n) is 16.0. The molecule has 4 atom stereocenters. The minimum atomic E-state index is -0.286. The van der Waals surface area contributed by atoms with Crippen LogP contribution in [0.4, 0.5) is 0 Å². The molecule has 2 aliphatic heterocycles. The quantitative estimate of drug-likeness (QED) is 0.797. The van der Waals surface area contributed by atoms with Crippen LogP contribution in [0.3, 0.4) is 0 Å². The van der Waals surface area contributed by atoms with E-state index in [-0.39, 0.29) is 29.4 Å². The predicted molar refractivity (Wildman–Crippen MR) is 102 cm³/mol. The number of carbonyl (C=O) groups is 1. The highest BCUT2D eigenvalue weighted by atomic mass is 32.2. The number of benzene rings is 1. The summed E-state index contributed by atoms with van der Waals surface area (Å²) >= 11 is 1.50. The van der Waals surface area contributed by atoms with Crippen LogP contribution in [0.15, 0.2) is 29.4 Å². The van der Waals surface area contributed by atoms with Gasteiger partial charge in [-0.2, -0.15) is 4.68 Å². The number of hydrogen-bond acceptors (Lipinski definition) is 7. The van der Waals surface area contributed by atoms with Crippen molar-refractivity contribution in [2.45, 2.75) is 49.4 Å². The number of fused-ring (bicyclic) bond motifs is 1. The van der Waals surface area contributed by atoms with Crippen LogP contribution in [0.25, 0.3) is 0 Å². The molecule has 1 fully saturated rings. The van der Waals surface area contributed by atoms with Crippen molar-refractivity contribution in [3.05, 3.63) is 35.7 Å². The lowest BCUT2D eigenvalue weighted by atomic mass is 9.99. The van der Waals surface area contributed by atoms with Gasteiger partial charge in [-0.1, -0.05) is 23.9 Å². The number of methoxy groups -OCH3 is 1. The van der Waals surface area contributed by atoms with Crippen molar-refractivity contribution in [1.29, 1.82) is 0 Å². The Morgan fingerprint density at radius 2 is 1.89 bits per heavy atom. The fourth-order valence-electron chi connectivity index (χ4n) is 3.92. The minimum Gasteiger partial charge on any atom is -0.497 e. The van der Waals surface area contributed by atoms with Gasteiger partial charge in [0.25, 0.3) is 5.91 Å². The number of aryl methyl sites for hydroxylation is 1. The van der Waals surface area contributed by atoms with Crippen LogP contribution >= 0.6 is 11.8 Å². The first-order valence-corrected chi connectivity index (χ1v) is 10.0. The van der Waals surface area contributed by atoms with Crippen LogP contribution in [-0.2, 0) is 4.74 Å². The van der Waals surface area contributed by atoms with Gasteiger partial charge in [-0.3, -0.25) is 9.69 Å². The molecule has 2 aliphatic rings. The van der Waals surface area contributed by atoms with Crippen molar-refractivity contribution in [2.24, 2.45) is 0 Å². The summed E-state index contributed by atoms with van der Waals surface area (Å²) in [4.78, 5) is 19.9. The average molecular weight is 388 g/mol. The van der Waals surface area contributed by atoms with Crippen LogP contribution in [0, 0.1) is 6.92 Å². The third kappa shape index (κ3) is 3.49. The molecule has 1 aromatic heterocycles. The number of thioether (sulfide) groups is 1. The van der Waals surface area contributed by atoms with Gasteiger partial charge in [-0.15, -0.1) is 5.10 Å². The maximum absolute atomic E-state index is 13.1. The number of morpholine rings is 1. The fraction of sp³-hybridized carbons (Fsp3) is 0.526. The van der Waals surface area contributed by atoms with Gasteiger partial charge in [0.15, 0.2) is 5.16 Å². The second kappa shape index (κ2) is 7.26. The molecule has 144 valence electrons. The molecule has 0 N–H and O–H groups in total.